The molecule has 0 aliphatic rings. The third-order valence-corrected chi connectivity index (χ3v) is 3.06. The van der Waals surface area contributed by atoms with Crippen molar-refractivity contribution < 1.29 is 4.79 Å². The van der Waals surface area contributed by atoms with Gasteiger partial charge in [0.2, 0.25) is 11.9 Å². The third-order valence-electron chi connectivity index (χ3n) is 3.06. The topological polar surface area (TPSA) is 61.4 Å². The minimum atomic E-state index is 0.0446. The maximum absolute atomic E-state index is 11.8. The van der Waals surface area contributed by atoms with Gasteiger partial charge in [-0.2, -0.15) is 0 Å². The number of nitrogens with zero attached hydrogens (tertiary/aromatic N) is 4. The lowest BCUT2D eigenvalue weighted by Crippen LogP contribution is -2.37. The summed E-state index contributed by atoms with van der Waals surface area (Å²) in [7, 11) is 3.50. The second kappa shape index (κ2) is 8.56. The van der Waals surface area contributed by atoms with Crippen molar-refractivity contribution in [3.05, 3.63) is 18.0 Å². The van der Waals surface area contributed by atoms with Crippen LogP contribution in [0.15, 0.2) is 12.4 Å². The van der Waals surface area contributed by atoms with Gasteiger partial charge in [0, 0.05) is 45.1 Å². The summed E-state index contributed by atoms with van der Waals surface area (Å²) in [6.45, 7) is 9.08. The van der Waals surface area contributed by atoms with Gasteiger partial charge in [0.05, 0.1) is 6.54 Å². The number of amides is 1. The maximum Gasteiger partial charge on any atom is 0.241 e. The van der Waals surface area contributed by atoms with Crippen molar-refractivity contribution in [2.45, 2.75) is 27.3 Å². The van der Waals surface area contributed by atoms with Gasteiger partial charge in [0.1, 0.15) is 0 Å². The molecule has 1 aromatic rings. The Bertz CT molecular complexity index is 430. The summed E-state index contributed by atoms with van der Waals surface area (Å²) in [4.78, 5) is 23.9. The molecule has 1 amide bonds. The van der Waals surface area contributed by atoms with E-state index in [4.69, 9.17) is 0 Å². The van der Waals surface area contributed by atoms with Crippen LogP contribution in [0.3, 0.4) is 0 Å². The summed E-state index contributed by atoms with van der Waals surface area (Å²) >= 11 is 0. The first-order valence-electron chi connectivity index (χ1n) is 7.40. The molecule has 0 spiro atoms. The molecule has 0 aromatic carbocycles. The molecule has 118 valence electrons. The molecule has 0 aliphatic carbocycles. The highest BCUT2D eigenvalue weighted by Gasteiger charge is 2.13. The van der Waals surface area contributed by atoms with Crippen molar-refractivity contribution in [3.63, 3.8) is 0 Å². The van der Waals surface area contributed by atoms with Gasteiger partial charge in [-0.3, -0.25) is 4.79 Å². The molecule has 1 N–H and O–H groups in total. The Morgan fingerprint density at radius 3 is 2.38 bits per heavy atom. The zero-order chi connectivity index (χ0) is 15.8. The van der Waals surface area contributed by atoms with Crippen LogP contribution in [0.1, 0.15) is 26.3 Å². The van der Waals surface area contributed by atoms with Gasteiger partial charge in [0.25, 0.3) is 0 Å². The molecule has 0 unspecified atom stereocenters. The number of hydrogen-bond donors (Lipinski definition) is 1. The Labute approximate surface area is 127 Å². The zero-order valence-electron chi connectivity index (χ0n) is 13.8. The Morgan fingerprint density at radius 1 is 1.29 bits per heavy atom. The van der Waals surface area contributed by atoms with E-state index < -0.39 is 0 Å². The van der Waals surface area contributed by atoms with Gasteiger partial charge in [-0.15, -0.1) is 0 Å². The summed E-state index contributed by atoms with van der Waals surface area (Å²) in [6.07, 6.45) is 3.64. The maximum atomic E-state index is 11.8. The van der Waals surface area contributed by atoms with Crippen molar-refractivity contribution in [1.82, 2.24) is 20.2 Å². The summed E-state index contributed by atoms with van der Waals surface area (Å²) in [5.74, 6) is 1.27. The molecule has 6 heteroatoms. The van der Waals surface area contributed by atoms with Crippen molar-refractivity contribution in [2.24, 2.45) is 5.92 Å². The highest BCUT2D eigenvalue weighted by Crippen LogP contribution is 2.07. The fourth-order valence-electron chi connectivity index (χ4n) is 1.74. The molecule has 1 rings (SSSR count). The lowest BCUT2D eigenvalue weighted by molar-refractivity contribution is -0.127. The molecule has 0 radical (unpaired) electrons. The number of nitrogens with one attached hydrogen (secondary N) is 1. The number of aromatic nitrogens is 2. The van der Waals surface area contributed by atoms with Crippen LogP contribution in [0.25, 0.3) is 0 Å². The van der Waals surface area contributed by atoms with Gasteiger partial charge < -0.3 is 15.1 Å². The monoisotopic (exact) mass is 293 g/mol. The molecule has 1 heterocycles. The molecular weight excluding hydrogens is 266 g/mol. The van der Waals surface area contributed by atoms with Crippen LogP contribution in [0.2, 0.25) is 0 Å². The molecule has 1 aromatic heterocycles. The lowest BCUT2D eigenvalue weighted by Gasteiger charge is -2.22. The van der Waals surface area contributed by atoms with Gasteiger partial charge >= 0.3 is 0 Å². The van der Waals surface area contributed by atoms with Crippen LogP contribution < -0.4 is 10.2 Å². The predicted molar refractivity (Wildman–Crippen MR) is 85.2 cm³/mol. The van der Waals surface area contributed by atoms with E-state index in [1.165, 1.54) is 0 Å². The molecule has 0 bridgehead atoms. The number of hydrogen-bond acceptors (Lipinski definition) is 5. The van der Waals surface area contributed by atoms with Crippen LogP contribution in [0.5, 0.6) is 0 Å². The Hall–Kier alpha value is -1.69. The van der Waals surface area contributed by atoms with Crippen LogP contribution in [0, 0.1) is 5.92 Å². The van der Waals surface area contributed by atoms with E-state index in [-0.39, 0.29) is 5.91 Å². The zero-order valence-corrected chi connectivity index (χ0v) is 13.8. The lowest BCUT2D eigenvalue weighted by atomic mass is 10.2. The summed E-state index contributed by atoms with van der Waals surface area (Å²) < 4.78 is 0. The number of carbonyl (C=O) groups excluding carboxylic acids is 1. The quantitative estimate of drug-likeness (QED) is 0.779. The second-order valence-corrected chi connectivity index (χ2v) is 5.72. The molecule has 0 aliphatic heterocycles. The molecule has 0 fully saturated rings. The predicted octanol–water partition coefficient (Wildman–Crippen LogP) is 1.14. The fraction of sp³-hybridized carbons (Fsp3) is 0.667. The molecular formula is C15H27N5O. The normalized spacial score (nSPS) is 10.8. The minimum Gasteiger partial charge on any atom is -0.347 e. The van der Waals surface area contributed by atoms with E-state index in [0.29, 0.717) is 25.0 Å². The summed E-state index contributed by atoms with van der Waals surface area (Å²) in [5.41, 5.74) is 1.05. The van der Waals surface area contributed by atoms with E-state index >= 15 is 0 Å². The molecule has 0 saturated heterocycles. The first kappa shape index (κ1) is 17.4. The van der Waals surface area contributed by atoms with Crippen molar-refractivity contribution in [1.29, 1.82) is 0 Å². The Balaban J connectivity index is 2.60. The van der Waals surface area contributed by atoms with E-state index in [9.17, 15) is 4.79 Å². The smallest absolute Gasteiger partial charge is 0.241 e. The number of carbonyl (C=O) groups is 1. The standard InChI is InChI=1S/C15H27N5O/c1-6-20(11-14(21)19(4)5)15-17-9-13(10-18-15)8-16-7-12(2)3/h9-10,12,16H,6-8,11H2,1-5H3. The van der Waals surface area contributed by atoms with Crippen LogP contribution in [-0.4, -0.2) is 54.5 Å². The van der Waals surface area contributed by atoms with Crippen LogP contribution in [0.4, 0.5) is 5.95 Å². The van der Waals surface area contributed by atoms with E-state index in [2.05, 4.69) is 29.1 Å². The number of likely N-dealkylation sites (N-methyl/N-ethyl adjacent to an activating group) is 2. The SMILES string of the molecule is CCN(CC(=O)N(C)C)c1ncc(CNCC(C)C)cn1. The Morgan fingerprint density at radius 2 is 1.90 bits per heavy atom. The highest BCUT2D eigenvalue weighted by atomic mass is 16.2. The fourth-order valence-corrected chi connectivity index (χ4v) is 1.74. The number of rotatable bonds is 8. The number of anilines is 1. The van der Waals surface area contributed by atoms with Crippen LogP contribution in [-0.2, 0) is 11.3 Å². The van der Waals surface area contributed by atoms with Crippen LogP contribution >= 0.6 is 0 Å². The van der Waals surface area contributed by atoms with Gasteiger partial charge in [-0.05, 0) is 19.4 Å². The summed E-state index contributed by atoms with van der Waals surface area (Å²) in [5, 5.41) is 3.36. The first-order valence-corrected chi connectivity index (χ1v) is 7.40. The van der Waals surface area contributed by atoms with E-state index in [1.54, 1.807) is 19.0 Å². The highest BCUT2D eigenvalue weighted by molar-refractivity contribution is 5.80. The third kappa shape index (κ3) is 6.08. The molecule has 6 nitrogen and oxygen atoms in total. The van der Waals surface area contributed by atoms with Gasteiger partial charge in [0.15, 0.2) is 0 Å². The van der Waals surface area contributed by atoms with Gasteiger partial charge in [-0.1, -0.05) is 13.8 Å². The van der Waals surface area contributed by atoms with Crippen molar-refractivity contribution in [3.8, 4) is 0 Å². The molecule has 21 heavy (non-hydrogen) atoms. The molecule has 0 atom stereocenters. The minimum absolute atomic E-state index is 0.0446. The average molecular weight is 293 g/mol. The Kier molecular flexibility index (Phi) is 7.08. The van der Waals surface area contributed by atoms with Crippen molar-refractivity contribution >= 4 is 11.9 Å². The van der Waals surface area contributed by atoms with Crippen molar-refractivity contribution in [2.75, 3.05) is 38.6 Å². The molecule has 0 saturated carbocycles. The van der Waals surface area contributed by atoms with E-state index in [0.717, 1.165) is 18.7 Å². The summed E-state index contributed by atoms with van der Waals surface area (Å²) in [6, 6.07) is 0. The van der Waals surface area contributed by atoms with Gasteiger partial charge in [-0.25, -0.2) is 9.97 Å². The largest absolute Gasteiger partial charge is 0.347 e. The van der Waals surface area contributed by atoms with E-state index in [1.807, 2.05) is 24.2 Å². The average Bonchev–Trinajstić information content (AvgIpc) is 2.45. The first-order chi connectivity index (χ1) is 9.93. The second-order valence-electron chi connectivity index (χ2n) is 5.72.